The van der Waals surface area contributed by atoms with Crippen molar-refractivity contribution >= 4 is 32.5 Å². The van der Waals surface area contributed by atoms with Crippen LogP contribution in [0.25, 0.3) is 21.1 Å². The topological polar surface area (TPSA) is 47.8 Å². The van der Waals surface area contributed by atoms with E-state index in [2.05, 4.69) is 9.97 Å². The molecule has 4 nitrogen and oxygen atoms in total. The van der Waals surface area contributed by atoms with E-state index < -0.39 is 0 Å². The molecule has 0 saturated carbocycles. The van der Waals surface area contributed by atoms with Gasteiger partial charge in [-0.2, -0.15) is 0 Å². The van der Waals surface area contributed by atoms with Gasteiger partial charge in [0.15, 0.2) is 0 Å². The highest BCUT2D eigenvalue weighted by atomic mass is 32.1. The molecule has 0 aliphatic rings. The monoisotopic (exact) mass is 311 g/mol. The van der Waals surface area contributed by atoms with E-state index in [0.29, 0.717) is 22.8 Å². The Morgan fingerprint density at radius 2 is 2.05 bits per heavy atom. The maximum absolute atomic E-state index is 13.8. The van der Waals surface area contributed by atoms with Crippen LogP contribution in [-0.2, 0) is 6.54 Å². The number of hydrogen-bond donors (Lipinski definition) is 0. The van der Waals surface area contributed by atoms with Gasteiger partial charge in [-0.15, -0.1) is 11.3 Å². The lowest BCUT2D eigenvalue weighted by molar-refractivity contribution is 0.638. The van der Waals surface area contributed by atoms with E-state index in [-0.39, 0.29) is 11.4 Å². The van der Waals surface area contributed by atoms with Gasteiger partial charge in [0.25, 0.3) is 5.56 Å². The summed E-state index contributed by atoms with van der Waals surface area (Å²) >= 11 is 1.43. The van der Waals surface area contributed by atoms with Crippen LogP contribution in [0.2, 0.25) is 0 Å². The van der Waals surface area contributed by atoms with Gasteiger partial charge in [0.1, 0.15) is 10.6 Å². The Balaban J connectivity index is 1.88. The first-order valence-corrected chi connectivity index (χ1v) is 7.57. The van der Waals surface area contributed by atoms with Crippen LogP contribution in [-0.4, -0.2) is 14.5 Å². The third-order valence-electron chi connectivity index (χ3n) is 3.59. The lowest BCUT2D eigenvalue weighted by atomic mass is 10.1. The fourth-order valence-corrected chi connectivity index (χ4v) is 3.24. The molecule has 4 aromatic rings. The van der Waals surface area contributed by atoms with E-state index in [4.69, 9.17) is 0 Å². The molecule has 0 radical (unpaired) electrons. The molecule has 3 aromatic heterocycles. The van der Waals surface area contributed by atoms with Gasteiger partial charge in [0.2, 0.25) is 0 Å². The number of nitrogens with zero attached hydrogens (tertiary/aromatic N) is 3. The summed E-state index contributed by atoms with van der Waals surface area (Å²) in [7, 11) is 0. The fourth-order valence-electron chi connectivity index (χ4n) is 2.51. The Bertz CT molecular complexity index is 1050. The SMILES string of the molecule is O=c1c2ccsc2ncn1Cc1ccc(F)c2cccnc12. The van der Waals surface area contributed by atoms with Crippen molar-refractivity contribution in [2.75, 3.05) is 0 Å². The molecule has 1 aromatic carbocycles. The maximum Gasteiger partial charge on any atom is 0.262 e. The number of thiophene rings is 1. The molecule has 0 N–H and O–H groups in total. The predicted octanol–water partition coefficient (Wildman–Crippen LogP) is 3.19. The van der Waals surface area contributed by atoms with Gasteiger partial charge >= 0.3 is 0 Å². The third kappa shape index (κ3) is 2.00. The first-order chi connectivity index (χ1) is 10.7. The second kappa shape index (κ2) is 4.99. The van der Waals surface area contributed by atoms with Crippen LogP contribution in [0.15, 0.2) is 53.0 Å². The minimum absolute atomic E-state index is 0.0975. The first-order valence-electron chi connectivity index (χ1n) is 6.69. The van der Waals surface area contributed by atoms with E-state index in [1.54, 1.807) is 30.5 Å². The van der Waals surface area contributed by atoms with Crippen molar-refractivity contribution in [2.45, 2.75) is 6.54 Å². The molecule has 0 amide bonds. The normalized spacial score (nSPS) is 11.3. The Kier molecular flexibility index (Phi) is 2.97. The van der Waals surface area contributed by atoms with E-state index in [1.165, 1.54) is 28.3 Å². The summed E-state index contributed by atoms with van der Waals surface area (Å²) < 4.78 is 15.4. The standard InChI is InChI=1S/C16H10FN3OS/c17-13-4-3-10(14-11(13)2-1-6-18-14)8-20-9-19-15-12(16(20)21)5-7-22-15/h1-7,9H,8H2. The fraction of sp³-hybridized carbons (Fsp3) is 0.0625. The van der Waals surface area contributed by atoms with Gasteiger partial charge in [-0.1, -0.05) is 6.07 Å². The van der Waals surface area contributed by atoms with Crippen LogP contribution in [0.3, 0.4) is 0 Å². The molecule has 0 aliphatic carbocycles. The molecule has 0 saturated heterocycles. The van der Waals surface area contributed by atoms with Crippen molar-refractivity contribution in [3.05, 3.63) is 70.0 Å². The lowest BCUT2D eigenvalue weighted by Gasteiger charge is -2.08. The summed E-state index contributed by atoms with van der Waals surface area (Å²) in [5.74, 6) is -0.314. The zero-order chi connectivity index (χ0) is 15.1. The van der Waals surface area contributed by atoms with Crippen LogP contribution in [0.4, 0.5) is 4.39 Å². The van der Waals surface area contributed by atoms with Crippen LogP contribution >= 0.6 is 11.3 Å². The first kappa shape index (κ1) is 13.1. The molecule has 6 heteroatoms. The summed E-state index contributed by atoms with van der Waals surface area (Å²) in [6, 6.07) is 8.22. The number of aromatic nitrogens is 3. The quantitative estimate of drug-likeness (QED) is 0.571. The summed E-state index contributed by atoms with van der Waals surface area (Å²) in [5, 5.41) is 2.91. The highest BCUT2D eigenvalue weighted by molar-refractivity contribution is 7.16. The van der Waals surface area contributed by atoms with E-state index in [1.807, 2.05) is 5.38 Å². The third-order valence-corrected chi connectivity index (χ3v) is 4.41. The number of fused-ring (bicyclic) bond motifs is 2. The highest BCUT2D eigenvalue weighted by Crippen LogP contribution is 2.20. The maximum atomic E-state index is 13.8. The Hall–Kier alpha value is -2.60. The lowest BCUT2D eigenvalue weighted by Crippen LogP contribution is -2.20. The molecule has 22 heavy (non-hydrogen) atoms. The molecule has 0 aliphatic heterocycles. The van der Waals surface area contributed by atoms with Crippen molar-refractivity contribution in [3.8, 4) is 0 Å². The van der Waals surface area contributed by atoms with Crippen LogP contribution < -0.4 is 5.56 Å². The second-order valence-corrected chi connectivity index (χ2v) is 5.82. The van der Waals surface area contributed by atoms with Gasteiger partial charge in [-0.05, 0) is 35.2 Å². The zero-order valence-electron chi connectivity index (χ0n) is 11.4. The van der Waals surface area contributed by atoms with Crippen molar-refractivity contribution < 1.29 is 4.39 Å². The highest BCUT2D eigenvalue weighted by Gasteiger charge is 2.10. The Labute approximate surface area is 128 Å². The van der Waals surface area contributed by atoms with Crippen LogP contribution in [0.5, 0.6) is 0 Å². The summed E-state index contributed by atoms with van der Waals surface area (Å²) in [5.41, 5.74) is 1.26. The molecular weight excluding hydrogens is 301 g/mol. The van der Waals surface area contributed by atoms with Gasteiger partial charge in [-0.3, -0.25) is 14.3 Å². The number of halogens is 1. The zero-order valence-corrected chi connectivity index (χ0v) is 12.2. The largest absolute Gasteiger partial charge is 0.294 e. The number of hydrogen-bond acceptors (Lipinski definition) is 4. The van der Waals surface area contributed by atoms with Crippen molar-refractivity contribution in [3.63, 3.8) is 0 Å². The summed E-state index contributed by atoms with van der Waals surface area (Å²) in [6.07, 6.45) is 3.15. The molecule has 0 unspecified atom stereocenters. The Morgan fingerprint density at radius 3 is 2.95 bits per heavy atom. The molecule has 3 heterocycles. The van der Waals surface area contributed by atoms with E-state index in [9.17, 15) is 9.18 Å². The molecule has 0 spiro atoms. The van der Waals surface area contributed by atoms with Crippen molar-refractivity contribution in [2.24, 2.45) is 0 Å². The molecule has 0 bridgehead atoms. The predicted molar refractivity (Wildman–Crippen MR) is 84.7 cm³/mol. The van der Waals surface area contributed by atoms with Gasteiger partial charge < -0.3 is 0 Å². The molecular formula is C16H10FN3OS. The Morgan fingerprint density at radius 1 is 1.14 bits per heavy atom. The minimum atomic E-state index is -0.314. The van der Waals surface area contributed by atoms with Crippen molar-refractivity contribution in [1.29, 1.82) is 0 Å². The minimum Gasteiger partial charge on any atom is -0.294 e. The van der Waals surface area contributed by atoms with Crippen LogP contribution in [0, 0.1) is 5.82 Å². The molecule has 0 atom stereocenters. The smallest absolute Gasteiger partial charge is 0.262 e. The molecule has 108 valence electrons. The van der Waals surface area contributed by atoms with E-state index in [0.717, 1.165) is 10.4 Å². The van der Waals surface area contributed by atoms with E-state index >= 15 is 0 Å². The second-order valence-electron chi connectivity index (χ2n) is 4.92. The molecule has 4 rings (SSSR count). The molecule has 0 fully saturated rings. The number of pyridine rings is 1. The number of rotatable bonds is 2. The van der Waals surface area contributed by atoms with Gasteiger partial charge in [0.05, 0.1) is 23.8 Å². The van der Waals surface area contributed by atoms with Gasteiger partial charge in [-0.25, -0.2) is 9.37 Å². The average molecular weight is 311 g/mol. The van der Waals surface area contributed by atoms with Gasteiger partial charge in [0, 0.05) is 11.6 Å². The van der Waals surface area contributed by atoms with Crippen LogP contribution in [0.1, 0.15) is 5.56 Å². The van der Waals surface area contributed by atoms with Crippen molar-refractivity contribution in [1.82, 2.24) is 14.5 Å². The number of benzene rings is 1. The average Bonchev–Trinajstić information content (AvgIpc) is 3.02. The summed E-state index contributed by atoms with van der Waals surface area (Å²) in [6.45, 7) is 0.311. The summed E-state index contributed by atoms with van der Waals surface area (Å²) in [4.78, 5) is 21.7.